The molecule has 5 nitrogen and oxygen atoms in total. The van der Waals surface area contributed by atoms with Gasteiger partial charge in [-0.15, -0.1) is 24.8 Å². The highest BCUT2D eigenvalue weighted by atomic mass is 35.5. The molecule has 110 valence electrons. The number of hydrogen-bond acceptors (Lipinski definition) is 3. The molecule has 7 heteroatoms. The molecule has 1 aromatic rings. The van der Waals surface area contributed by atoms with Gasteiger partial charge in [0.2, 0.25) is 5.91 Å². The second-order valence-corrected chi connectivity index (χ2v) is 4.71. The van der Waals surface area contributed by atoms with Crippen molar-refractivity contribution in [2.75, 3.05) is 6.54 Å². The number of carbonyl (C=O) groups excluding carboxylic acids is 1. The van der Waals surface area contributed by atoms with Crippen LogP contribution in [-0.4, -0.2) is 22.0 Å². The highest BCUT2D eigenvalue weighted by Gasteiger charge is 2.31. The maximum Gasteiger partial charge on any atom is 0.223 e. The number of amides is 1. The number of imidazole rings is 1. The second-order valence-electron chi connectivity index (χ2n) is 4.71. The molecule has 0 radical (unpaired) electrons. The van der Waals surface area contributed by atoms with Crippen molar-refractivity contribution < 1.29 is 4.79 Å². The molecule has 3 N–H and O–H groups in total. The van der Waals surface area contributed by atoms with Gasteiger partial charge in [-0.2, -0.15) is 0 Å². The molecule has 2 atom stereocenters. The molecule has 1 aromatic heterocycles. The highest BCUT2D eigenvalue weighted by molar-refractivity contribution is 5.85. The minimum absolute atomic E-state index is 0. The van der Waals surface area contributed by atoms with E-state index in [1.54, 1.807) is 6.20 Å². The molecule has 19 heavy (non-hydrogen) atoms. The Balaban J connectivity index is 0.00000162. The summed E-state index contributed by atoms with van der Waals surface area (Å²) in [6.45, 7) is 1.11. The Morgan fingerprint density at radius 3 is 2.84 bits per heavy atom. The van der Waals surface area contributed by atoms with Crippen molar-refractivity contribution >= 4 is 30.7 Å². The lowest BCUT2D eigenvalue weighted by atomic mass is 9.95. The topological polar surface area (TPSA) is 72.9 Å². The van der Waals surface area contributed by atoms with Crippen LogP contribution in [0.3, 0.4) is 0 Å². The van der Waals surface area contributed by atoms with Crippen molar-refractivity contribution in [3.63, 3.8) is 0 Å². The van der Waals surface area contributed by atoms with Crippen LogP contribution in [0.1, 0.15) is 25.1 Å². The van der Waals surface area contributed by atoms with E-state index in [2.05, 4.69) is 10.3 Å². The molecule has 2 rings (SSSR count). The van der Waals surface area contributed by atoms with Crippen LogP contribution in [0, 0.1) is 11.8 Å². The average molecular weight is 309 g/mol. The van der Waals surface area contributed by atoms with E-state index in [0.717, 1.165) is 25.1 Å². The largest absolute Gasteiger partial charge is 0.349 e. The third kappa shape index (κ3) is 4.37. The molecular formula is C12H22Cl2N4O. The van der Waals surface area contributed by atoms with E-state index < -0.39 is 0 Å². The van der Waals surface area contributed by atoms with Crippen LogP contribution in [0.5, 0.6) is 0 Å². The summed E-state index contributed by atoms with van der Waals surface area (Å²) in [5, 5.41) is 2.95. The summed E-state index contributed by atoms with van der Waals surface area (Å²) in [6, 6.07) is 0. The lowest BCUT2D eigenvalue weighted by Gasteiger charge is -2.17. The van der Waals surface area contributed by atoms with Gasteiger partial charge < -0.3 is 15.6 Å². The molecule has 0 spiro atoms. The van der Waals surface area contributed by atoms with Gasteiger partial charge >= 0.3 is 0 Å². The van der Waals surface area contributed by atoms with Crippen LogP contribution in [0.15, 0.2) is 12.4 Å². The fourth-order valence-electron chi connectivity index (χ4n) is 2.53. The molecule has 1 heterocycles. The van der Waals surface area contributed by atoms with Crippen LogP contribution in [0.25, 0.3) is 0 Å². The summed E-state index contributed by atoms with van der Waals surface area (Å²) in [5.41, 5.74) is 5.68. The second kappa shape index (κ2) is 8.40. The maximum absolute atomic E-state index is 12.0. The quantitative estimate of drug-likeness (QED) is 0.879. The van der Waals surface area contributed by atoms with Gasteiger partial charge in [-0.1, -0.05) is 6.42 Å². The number of nitrogens with one attached hydrogen (secondary N) is 1. The average Bonchev–Trinajstić information content (AvgIpc) is 2.94. The van der Waals surface area contributed by atoms with Gasteiger partial charge in [-0.25, -0.2) is 4.98 Å². The van der Waals surface area contributed by atoms with Gasteiger partial charge in [0.05, 0.1) is 6.54 Å². The number of carbonyl (C=O) groups is 1. The van der Waals surface area contributed by atoms with Gasteiger partial charge in [0, 0.05) is 25.4 Å². The van der Waals surface area contributed by atoms with Gasteiger partial charge in [0.25, 0.3) is 0 Å². The van der Waals surface area contributed by atoms with Gasteiger partial charge in [0.15, 0.2) is 0 Å². The van der Waals surface area contributed by atoms with Crippen LogP contribution in [0.2, 0.25) is 0 Å². The van der Waals surface area contributed by atoms with E-state index in [1.807, 2.05) is 17.8 Å². The monoisotopic (exact) mass is 308 g/mol. The number of rotatable bonds is 4. The molecule has 1 saturated carbocycles. The Morgan fingerprint density at radius 1 is 1.53 bits per heavy atom. The molecule has 0 unspecified atom stereocenters. The standard InChI is InChI=1S/C12H20N4O.2ClH/c1-16-6-5-14-11(16)8-15-12(17)10-4-2-3-9(10)7-13;;/h5-6,9-10H,2-4,7-8,13H2,1H3,(H,15,17);2*1H/t9-,10-;;/m1../s1. The number of halogens is 2. The van der Waals surface area contributed by atoms with E-state index >= 15 is 0 Å². The molecule has 1 amide bonds. The minimum Gasteiger partial charge on any atom is -0.349 e. The molecular weight excluding hydrogens is 287 g/mol. The Morgan fingerprint density at radius 2 is 2.26 bits per heavy atom. The lowest BCUT2D eigenvalue weighted by molar-refractivity contribution is -0.126. The first-order valence-electron chi connectivity index (χ1n) is 6.16. The van der Waals surface area contributed by atoms with Crippen LogP contribution >= 0.6 is 24.8 Å². The number of hydrogen-bond donors (Lipinski definition) is 2. The molecule has 0 aromatic carbocycles. The Hall–Kier alpha value is -0.780. The normalized spacial score (nSPS) is 21.4. The Kier molecular flexibility index (Phi) is 8.06. The fourth-order valence-corrected chi connectivity index (χ4v) is 2.53. The summed E-state index contributed by atoms with van der Waals surface area (Å²) in [4.78, 5) is 16.2. The number of nitrogens with zero attached hydrogens (tertiary/aromatic N) is 2. The highest BCUT2D eigenvalue weighted by Crippen LogP contribution is 2.30. The number of nitrogens with two attached hydrogens (primary N) is 1. The Bertz CT molecular complexity index is 397. The SMILES string of the molecule is Cl.Cl.Cn1ccnc1CNC(=O)[C@@H]1CCC[C@@H]1CN. The first-order valence-corrected chi connectivity index (χ1v) is 6.16. The molecule has 0 aliphatic heterocycles. The van der Waals surface area contributed by atoms with Crippen molar-refractivity contribution in [2.45, 2.75) is 25.8 Å². The smallest absolute Gasteiger partial charge is 0.223 e. The molecule has 1 aliphatic carbocycles. The molecule has 0 saturated heterocycles. The zero-order chi connectivity index (χ0) is 12.3. The summed E-state index contributed by atoms with van der Waals surface area (Å²) in [5.74, 6) is 1.46. The van der Waals surface area contributed by atoms with Gasteiger partial charge in [-0.3, -0.25) is 4.79 Å². The molecule has 1 fully saturated rings. The summed E-state index contributed by atoms with van der Waals surface area (Å²) >= 11 is 0. The Labute approximate surface area is 126 Å². The van der Waals surface area contributed by atoms with Crippen molar-refractivity contribution in [3.8, 4) is 0 Å². The van der Waals surface area contributed by atoms with Crippen LogP contribution in [0.4, 0.5) is 0 Å². The minimum atomic E-state index is 0. The summed E-state index contributed by atoms with van der Waals surface area (Å²) in [7, 11) is 1.92. The van der Waals surface area contributed by atoms with E-state index in [1.165, 1.54) is 0 Å². The molecule has 1 aliphatic rings. The first kappa shape index (κ1) is 18.2. The van der Waals surface area contributed by atoms with E-state index in [-0.39, 0.29) is 36.6 Å². The number of aromatic nitrogens is 2. The zero-order valence-electron chi connectivity index (χ0n) is 11.0. The van der Waals surface area contributed by atoms with E-state index in [9.17, 15) is 4.79 Å². The van der Waals surface area contributed by atoms with Crippen LogP contribution in [-0.2, 0) is 18.4 Å². The predicted molar refractivity (Wildman–Crippen MR) is 79.4 cm³/mol. The summed E-state index contributed by atoms with van der Waals surface area (Å²) in [6.07, 6.45) is 6.77. The van der Waals surface area contributed by atoms with E-state index in [4.69, 9.17) is 5.73 Å². The zero-order valence-corrected chi connectivity index (χ0v) is 12.7. The third-order valence-electron chi connectivity index (χ3n) is 3.64. The lowest BCUT2D eigenvalue weighted by Crippen LogP contribution is -2.35. The van der Waals surface area contributed by atoms with Gasteiger partial charge in [-0.05, 0) is 25.3 Å². The first-order chi connectivity index (χ1) is 8.22. The molecule has 0 bridgehead atoms. The van der Waals surface area contributed by atoms with Crippen molar-refractivity contribution in [3.05, 3.63) is 18.2 Å². The van der Waals surface area contributed by atoms with Gasteiger partial charge in [0.1, 0.15) is 5.82 Å². The summed E-state index contributed by atoms with van der Waals surface area (Å²) < 4.78 is 1.91. The van der Waals surface area contributed by atoms with Crippen molar-refractivity contribution in [1.82, 2.24) is 14.9 Å². The van der Waals surface area contributed by atoms with Crippen molar-refractivity contribution in [2.24, 2.45) is 24.6 Å². The van der Waals surface area contributed by atoms with Crippen molar-refractivity contribution in [1.29, 1.82) is 0 Å². The van der Waals surface area contributed by atoms with Crippen LogP contribution < -0.4 is 11.1 Å². The third-order valence-corrected chi connectivity index (χ3v) is 3.64. The predicted octanol–water partition coefficient (Wildman–Crippen LogP) is 1.25. The number of aryl methyl sites for hydroxylation is 1. The maximum atomic E-state index is 12.0. The fraction of sp³-hybridized carbons (Fsp3) is 0.667. The van der Waals surface area contributed by atoms with E-state index in [0.29, 0.717) is 19.0 Å².